The molecule has 0 bridgehead atoms. The van der Waals surface area contributed by atoms with Gasteiger partial charge in [-0.1, -0.05) is 52.5 Å². The SMILES string of the molecule is O=C(Nc1cc(C(=O)O)c(Cl)cc1Cl)c1ccc(-c2cccc(Cl)c2Cl)o1. The number of halogens is 4. The molecule has 138 valence electrons. The van der Waals surface area contributed by atoms with Crippen molar-refractivity contribution in [1.82, 2.24) is 0 Å². The van der Waals surface area contributed by atoms with E-state index in [0.29, 0.717) is 21.4 Å². The summed E-state index contributed by atoms with van der Waals surface area (Å²) in [4.78, 5) is 23.6. The highest BCUT2D eigenvalue weighted by atomic mass is 35.5. The van der Waals surface area contributed by atoms with Crippen molar-refractivity contribution in [1.29, 1.82) is 0 Å². The Morgan fingerprint density at radius 3 is 2.37 bits per heavy atom. The number of furan rings is 1. The number of carboxylic acid groups (broad SMARTS) is 1. The first-order valence-corrected chi connectivity index (χ1v) is 8.87. The van der Waals surface area contributed by atoms with Crippen LogP contribution in [0.1, 0.15) is 20.9 Å². The largest absolute Gasteiger partial charge is 0.478 e. The molecular formula is C18H9Cl4NO4. The van der Waals surface area contributed by atoms with Gasteiger partial charge < -0.3 is 14.8 Å². The number of anilines is 1. The topological polar surface area (TPSA) is 79.5 Å². The Hall–Kier alpha value is -2.18. The Bertz CT molecular complexity index is 1060. The molecule has 1 aromatic heterocycles. The fraction of sp³-hybridized carbons (Fsp3) is 0. The van der Waals surface area contributed by atoms with Crippen LogP contribution in [0.2, 0.25) is 20.1 Å². The van der Waals surface area contributed by atoms with Crippen molar-refractivity contribution in [2.24, 2.45) is 0 Å². The third-order valence-electron chi connectivity index (χ3n) is 3.58. The standard InChI is InChI=1S/C18H9Cl4NO4/c19-10-3-1-2-8(16(10)22)14-4-5-15(27-14)17(24)23-13-6-9(18(25)26)11(20)7-12(13)21/h1-7H,(H,23,24)(H,25,26). The summed E-state index contributed by atoms with van der Waals surface area (Å²) in [6.45, 7) is 0. The predicted molar refractivity (Wildman–Crippen MR) is 106 cm³/mol. The average Bonchev–Trinajstić information content (AvgIpc) is 3.09. The van der Waals surface area contributed by atoms with Crippen molar-refractivity contribution < 1.29 is 19.1 Å². The van der Waals surface area contributed by atoms with Gasteiger partial charge in [0.15, 0.2) is 5.76 Å². The molecule has 2 aromatic carbocycles. The Labute approximate surface area is 173 Å². The van der Waals surface area contributed by atoms with Gasteiger partial charge in [-0.15, -0.1) is 0 Å². The van der Waals surface area contributed by atoms with E-state index in [4.69, 9.17) is 55.9 Å². The number of carbonyl (C=O) groups excluding carboxylic acids is 1. The molecule has 0 aliphatic carbocycles. The van der Waals surface area contributed by atoms with Crippen LogP contribution in [-0.4, -0.2) is 17.0 Å². The monoisotopic (exact) mass is 443 g/mol. The van der Waals surface area contributed by atoms with Crippen molar-refractivity contribution in [2.45, 2.75) is 0 Å². The van der Waals surface area contributed by atoms with Crippen molar-refractivity contribution in [3.05, 3.63) is 73.9 Å². The summed E-state index contributed by atoms with van der Waals surface area (Å²) in [5, 5.41) is 12.3. The molecular weight excluding hydrogens is 436 g/mol. The fourth-order valence-electron chi connectivity index (χ4n) is 2.29. The molecule has 1 amide bonds. The predicted octanol–water partition coefficient (Wildman–Crippen LogP) is 6.51. The zero-order chi connectivity index (χ0) is 19.7. The summed E-state index contributed by atoms with van der Waals surface area (Å²) >= 11 is 24.0. The number of hydrogen-bond donors (Lipinski definition) is 2. The van der Waals surface area contributed by atoms with Crippen molar-refractivity contribution in [2.75, 3.05) is 5.32 Å². The van der Waals surface area contributed by atoms with Gasteiger partial charge in [-0.3, -0.25) is 4.79 Å². The number of carboxylic acids is 1. The molecule has 0 aliphatic heterocycles. The first-order valence-electron chi connectivity index (χ1n) is 7.36. The highest BCUT2D eigenvalue weighted by Crippen LogP contribution is 2.35. The molecule has 0 fully saturated rings. The third kappa shape index (κ3) is 4.06. The summed E-state index contributed by atoms with van der Waals surface area (Å²) in [6, 6.07) is 10.5. The van der Waals surface area contributed by atoms with Gasteiger partial charge >= 0.3 is 5.97 Å². The number of rotatable bonds is 4. The molecule has 3 aromatic rings. The van der Waals surface area contributed by atoms with Crippen LogP contribution in [0.15, 0.2) is 46.9 Å². The van der Waals surface area contributed by atoms with E-state index in [1.165, 1.54) is 18.2 Å². The molecule has 1 heterocycles. The second-order valence-electron chi connectivity index (χ2n) is 5.34. The minimum absolute atomic E-state index is 0.0241. The molecule has 9 heteroatoms. The molecule has 0 radical (unpaired) electrons. The molecule has 0 saturated carbocycles. The fourth-order valence-corrected chi connectivity index (χ4v) is 3.20. The first kappa shape index (κ1) is 19.6. The van der Waals surface area contributed by atoms with Crippen LogP contribution in [-0.2, 0) is 0 Å². The minimum atomic E-state index is -1.25. The molecule has 2 N–H and O–H groups in total. The molecule has 3 rings (SSSR count). The maximum atomic E-state index is 12.4. The maximum absolute atomic E-state index is 12.4. The van der Waals surface area contributed by atoms with E-state index >= 15 is 0 Å². The lowest BCUT2D eigenvalue weighted by Gasteiger charge is -2.08. The second-order valence-corrected chi connectivity index (χ2v) is 6.94. The molecule has 27 heavy (non-hydrogen) atoms. The number of aromatic carboxylic acids is 1. The lowest BCUT2D eigenvalue weighted by Crippen LogP contribution is -2.12. The zero-order valence-corrected chi connectivity index (χ0v) is 16.2. The third-order valence-corrected chi connectivity index (χ3v) is 5.03. The van der Waals surface area contributed by atoms with Crippen LogP contribution >= 0.6 is 46.4 Å². The van der Waals surface area contributed by atoms with Gasteiger partial charge in [0.1, 0.15) is 5.76 Å². The summed E-state index contributed by atoms with van der Waals surface area (Å²) in [5.41, 5.74) is 0.422. The highest BCUT2D eigenvalue weighted by molar-refractivity contribution is 6.43. The van der Waals surface area contributed by atoms with E-state index in [1.54, 1.807) is 24.3 Å². The lowest BCUT2D eigenvalue weighted by molar-refractivity contribution is 0.0696. The van der Waals surface area contributed by atoms with E-state index in [1.807, 2.05) is 0 Å². The van der Waals surface area contributed by atoms with Gasteiger partial charge in [0.25, 0.3) is 5.91 Å². The van der Waals surface area contributed by atoms with E-state index in [-0.39, 0.29) is 27.1 Å². The van der Waals surface area contributed by atoms with Gasteiger partial charge in [-0.25, -0.2) is 4.79 Å². The normalized spacial score (nSPS) is 10.7. The summed E-state index contributed by atoms with van der Waals surface area (Å²) < 4.78 is 5.54. The number of benzene rings is 2. The van der Waals surface area contributed by atoms with Gasteiger partial charge in [-0.2, -0.15) is 0 Å². The quantitative estimate of drug-likeness (QED) is 0.480. The molecule has 0 saturated heterocycles. The van der Waals surface area contributed by atoms with E-state index < -0.39 is 11.9 Å². The van der Waals surface area contributed by atoms with Crippen molar-refractivity contribution in [3.63, 3.8) is 0 Å². The summed E-state index contributed by atoms with van der Waals surface area (Å²) in [6.07, 6.45) is 0. The minimum Gasteiger partial charge on any atom is -0.478 e. The second kappa shape index (κ2) is 7.82. The molecule has 0 spiro atoms. The summed E-state index contributed by atoms with van der Waals surface area (Å²) in [7, 11) is 0. The van der Waals surface area contributed by atoms with E-state index in [0.717, 1.165) is 0 Å². The molecule has 5 nitrogen and oxygen atoms in total. The van der Waals surface area contributed by atoms with Crippen LogP contribution in [0.5, 0.6) is 0 Å². The zero-order valence-electron chi connectivity index (χ0n) is 13.2. The number of amides is 1. The number of nitrogens with one attached hydrogen (secondary N) is 1. The maximum Gasteiger partial charge on any atom is 0.337 e. The van der Waals surface area contributed by atoms with Crippen LogP contribution in [0.3, 0.4) is 0 Å². The van der Waals surface area contributed by atoms with Gasteiger partial charge in [0.05, 0.1) is 31.3 Å². The van der Waals surface area contributed by atoms with E-state index in [2.05, 4.69) is 5.32 Å². The number of carbonyl (C=O) groups is 2. The Kier molecular flexibility index (Phi) is 5.67. The summed E-state index contributed by atoms with van der Waals surface area (Å²) in [5.74, 6) is -1.55. The van der Waals surface area contributed by atoms with Crippen LogP contribution in [0.4, 0.5) is 5.69 Å². The Morgan fingerprint density at radius 2 is 1.67 bits per heavy atom. The van der Waals surface area contributed by atoms with Gasteiger partial charge in [0.2, 0.25) is 0 Å². The van der Waals surface area contributed by atoms with Crippen molar-refractivity contribution >= 4 is 64.0 Å². The van der Waals surface area contributed by atoms with Crippen molar-refractivity contribution in [3.8, 4) is 11.3 Å². The lowest BCUT2D eigenvalue weighted by atomic mass is 10.2. The molecule has 0 unspecified atom stereocenters. The number of hydrogen-bond acceptors (Lipinski definition) is 3. The van der Waals surface area contributed by atoms with Crippen LogP contribution in [0.25, 0.3) is 11.3 Å². The average molecular weight is 445 g/mol. The first-order chi connectivity index (χ1) is 12.8. The molecule has 0 aliphatic rings. The van der Waals surface area contributed by atoms with Gasteiger partial charge in [-0.05, 0) is 36.4 Å². The Balaban J connectivity index is 1.88. The smallest absolute Gasteiger partial charge is 0.337 e. The van der Waals surface area contributed by atoms with E-state index in [9.17, 15) is 9.59 Å². The van der Waals surface area contributed by atoms with Crippen LogP contribution in [0, 0.1) is 0 Å². The van der Waals surface area contributed by atoms with Gasteiger partial charge in [0, 0.05) is 5.56 Å². The highest BCUT2D eigenvalue weighted by Gasteiger charge is 2.18. The Morgan fingerprint density at radius 1 is 0.926 bits per heavy atom. The molecule has 0 atom stereocenters. The van der Waals surface area contributed by atoms with Crippen LogP contribution < -0.4 is 5.32 Å².